The first-order valence-corrected chi connectivity index (χ1v) is 7.87. The lowest BCUT2D eigenvalue weighted by molar-refractivity contribution is -0.176. The van der Waals surface area contributed by atoms with Crippen molar-refractivity contribution in [3.05, 3.63) is 0 Å². The Balaban J connectivity index is 2.55. The predicted molar refractivity (Wildman–Crippen MR) is 75.2 cm³/mol. The van der Waals surface area contributed by atoms with Gasteiger partial charge in [-0.2, -0.15) is 0 Å². The van der Waals surface area contributed by atoms with Gasteiger partial charge in [0.2, 0.25) is 5.91 Å². The molecule has 1 rings (SSSR count). The van der Waals surface area contributed by atoms with Gasteiger partial charge in [0.25, 0.3) is 0 Å². The van der Waals surface area contributed by atoms with E-state index in [1.165, 1.54) is 6.92 Å². The maximum absolute atomic E-state index is 11.7. The highest BCUT2D eigenvalue weighted by Gasteiger charge is 2.51. The molecule has 19 heavy (non-hydrogen) atoms. The molecule has 0 spiro atoms. The minimum Gasteiger partial charge on any atom is -0.441 e. The normalized spacial score (nSPS) is 24.2. The molecule has 0 aromatic carbocycles. The number of hydrogen-bond acceptors (Lipinski definition) is 4. The fraction of sp³-hybridized carbons (Fsp3) is 0.846. The molecule has 0 aromatic heterocycles. The standard InChI is InChI=1S/C13H25NO4Si/c1-8(15)18-11-9(10(16)14-11)13(5,6)7-17-19-12(2,3)4/h9,11H,7,19H2,1-6H3,(H,14,16). The average Bonchev–Trinajstić information content (AvgIpc) is 2.11. The molecule has 1 aliphatic rings. The van der Waals surface area contributed by atoms with Gasteiger partial charge in [-0.15, -0.1) is 0 Å². The maximum Gasteiger partial charge on any atom is 0.304 e. The van der Waals surface area contributed by atoms with E-state index in [2.05, 4.69) is 26.1 Å². The topological polar surface area (TPSA) is 64.6 Å². The van der Waals surface area contributed by atoms with Crippen molar-refractivity contribution in [2.45, 2.75) is 52.8 Å². The molecular weight excluding hydrogens is 262 g/mol. The van der Waals surface area contributed by atoms with E-state index in [4.69, 9.17) is 9.16 Å². The number of rotatable bonds is 5. The van der Waals surface area contributed by atoms with Crippen LogP contribution in [0.2, 0.25) is 5.04 Å². The van der Waals surface area contributed by atoms with Crippen LogP contribution in [-0.4, -0.2) is 34.5 Å². The third-order valence-corrected chi connectivity index (χ3v) is 4.29. The van der Waals surface area contributed by atoms with E-state index in [-0.39, 0.29) is 28.2 Å². The molecule has 1 aliphatic heterocycles. The van der Waals surface area contributed by atoms with Crippen molar-refractivity contribution in [2.24, 2.45) is 11.3 Å². The molecule has 1 saturated heterocycles. The van der Waals surface area contributed by atoms with Crippen LogP contribution in [0.25, 0.3) is 0 Å². The first-order chi connectivity index (χ1) is 8.53. The number of carbonyl (C=O) groups is 2. The molecule has 6 heteroatoms. The summed E-state index contributed by atoms with van der Waals surface area (Å²) >= 11 is 0. The molecule has 5 nitrogen and oxygen atoms in total. The van der Waals surface area contributed by atoms with Crippen molar-refractivity contribution in [1.82, 2.24) is 5.32 Å². The summed E-state index contributed by atoms with van der Waals surface area (Å²) in [5.74, 6) is -0.779. The van der Waals surface area contributed by atoms with Crippen molar-refractivity contribution in [2.75, 3.05) is 6.61 Å². The lowest BCUT2D eigenvalue weighted by Crippen LogP contribution is -2.65. The van der Waals surface area contributed by atoms with E-state index >= 15 is 0 Å². The van der Waals surface area contributed by atoms with Crippen molar-refractivity contribution in [3.8, 4) is 0 Å². The fourth-order valence-corrected chi connectivity index (χ4v) is 3.35. The van der Waals surface area contributed by atoms with E-state index in [9.17, 15) is 9.59 Å². The van der Waals surface area contributed by atoms with Crippen molar-refractivity contribution < 1.29 is 18.8 Å². The SMILES string of the molecule is CC(=O)OC1NC(=O)C1C(C)(C)CO[SiH2]C(C)(C)C. The van der Waals surface area contributed by atoms with Gasteiger partial charge in [0, 0.05) is 18.9 Å². The molecule has 1 fully saturated rings. The Labute approximate surface area is 117 Å². The summed E-state index contributed by atoms with van der Waals surface area (Å²) in [6, 6.07) is 0. The molecule has 0 bridgehead atoms. The average molecular weight is 287 g/mol. The van der Waals surface area contributed by atoms with Crippen molar-refractivity contribution in [1.29, 1.82) is 0 Å². The van der Waals surface area contributed by atoms with Gasteiger partial charge in [0.15, 0.2) is 16.0 Å². The maximum atomic E-state index is 11.7. The van der Waals surface area contributed by atoms with Crippen LogP contribution in [0, 0.1) is 11.3 Å². The van der Waals surface area contributed by atoms with Gasteiger partial charge in [0.1, 0.15) is 5.92 Å². The van der Waals surface area contributed by atoms with Crippen LogP contribution in [0.4, 0.5) is 0 Å². The summed E-state index contributed by atoms with van der Waals surface area (Å²) in [6.07, 6.45) is -0.514. The summed E-state index contributed by atoms with van der Waals surface area (Å²) in [5.41, 5.74) is -0.333. The van der Waals surface area contributed by atoms with Crippen LogP contribution < -0.4 is 5.32 Å². The van der Waals surface area contributed by atoms with E-state index < -0.39 is 16.0 Å². The van der Waals surface area contributed by atoms with E-state index in [0.717, 1.165) is 0 Å². The van der Waals surface area contributed by atoms with Crippen LogP contribution in [0.5, 0.6) is 0 Å². The zero-order valence-corrected chi connectivity index (χ0v) is 14.1. The molecule has 0 aromatic rings. The first kappa shape index (κ1) is 16.2. The largest absolute Gasteiger partial charge is 0.441 e. The second-order valence-electron chi connectivity index (χ2n) is 7.06. The van der Waals surface area contributed by atoms with Gasteiger partial charge in [-0.3, -0.25) is 9.59 Å². The Morgan fingerprint density at radius 3 is 2.32 bits per heavy atom. The zero-order valence-electron chi connectivity index (χ0n) is 12.7. The molecule has 0 aliphatic carbocycles. The number of carbonyl (C=O) groups excluding carboxylic acids is 2. The van der Waals surface area contributed by atoms with Crippen molar-refractivity contribution >= 4 is 21.6 Å². The van der Waals surface area contributed by atoms with Crippen LogP contribution >= 0.6 is 0 Å². The smallest absolute Gasteiger partial charge is 0.304 e. The number of esters is 1. The Kier molecular flexibility index (Phi) is 4.79. The third-order valence-electron chi connectivity index (χ3n) is 3.01. The van der Waals surface area contributed by atoms with Crippen molar-refractivity contribution in [3.63, 3.8) is 0 Å². The van der Waals surface area contributed by atoms with E-state index in [1.54, 1.807) is 0 Å². The quantitative estimate of drug-likeness (QED) is 0.465. The van der Waals surface area contributed by atoms with Gasteiger partial charge < -0.3 is 14.5 Å². The minimum absolute atomic E-state index is 0.0720. The summed E-state index contributed by atoms with van der Waals surface area (Å²) in [5, 5.41) is 2.84. The Hall–Kier alpha value is -0.883. The molecule has 1 N–H and O–H groups in total. The third kappa shape index (κ3) is 4.61. The Morgan fingerprint density at radius 2 is 1.89 bits per heavy atom. The lowest BCUT2D eigenvalue weighted by atomic mass is 9.74. The Morgan fingerprint density at radius 1 is 1.32 bits per heavy atom. The number of β-lactam (4-membered cyclic amide) rings is 1. The molecule has 2 unspecified atom stereocenters. The van der Waals surface area contributed by atoms with Crippen LogP contribution in [-0.2, 0) is 18.8 Å². The van der Waals surface area contributed by atoms with Gasteiger partial charge in [-0.05, 0) is 5.04 Å². The number of nitrogens with one attached hydrogen (secondary N) is 1. The molecule has 110 valence electrons. The predicted octanol–water partition coefficient (Wildman–Crippen LogP) is 0.967. The first-order valence-electron chi connectivity index (χ1n) is 6.58. The number of amides is 1. The monoisotopic (exact) mass is 287 g/mol. The molecule has 1 heterocycles. The molecule has 0 radical (unpaired) electrons. The zero-order chi connectivity index (χ0) is 14.8. The number of hydrogen-bond donors (Lipinski definition) is 1. The fourth-order valence-electron chi connectivity index (χ4n) is 2.11. The highest BCUT2D eigenvalue weighted by molar-refractivity contribution is 6.31. The Bertz CT molecular complexity index is 362. The van der Waals surface area contributed by atoms with Gasteiger partial charge >= 0.3 is 5.97 Å². The van der Waals surface area contributed by atoms with Gasteiger partial charge in [-0.25, -0.2) is 0 Å². The van der Waals surface area contributed by atoms with Crippen LogP contribution in [0.1, 0.15) is 41.5 Å². The second-order valence-corrected chi connectivity index (χ2v) is 9.88. The summed E-state index contributed by atoms with van der Waals surface area (Å²) in [6.45, 7) is 12.3. The highest BCUT2D eigenvalue weighted by atomic mass is 28.2. The molecule has 0 saturated carbocycles. The van der Waals surface area contributed by atoms with Crippen LogP contribution in [0.15, 0.2) is 0 Å². The summed E-state index contributed by atoms with van der Waals surface area (Å²) in [4.78, 5) is 22.7. The summed E-state index contributed by atoms with van der Waals surface area (Å²) < 4.78 is 10.9. The van der Waals surface area contributed by atoms with Crippen LogP contribution in [0.3, 0.4) is 0 Å². The van der Waals surface area contributed by atoms with E-state index in [1.807, 2.05) is 13.8 Å². The van der Waals surface area contributed by atoms with Gasteiger partial charge in [0.05, 0.1) is 0 Å². The lowest BCUT2D eigenvalue weighted by Gasteiger charge is -2.44. The van der Waals surface area contributed by atoms with Gasteiger partial charge in [-0.1, -0.05) is 34.6 Å². The molecular formula is C13H25NO4Si. The summed E-state index contributed by atoms with van der Waals surface area (Å²) in [7, 11) is -0.641. The second kappa shape index (κ2) is 5.62. The molecule has 2 atom stereocenters. The number of ether oxygens (including phenoxy) is 1. The molecule has 1 amide bonds. The highest BCUT2D eigenvalue weighted by Crippen LogP contribution is 2.36. The minimum atomic E-state index is -0.641. The van der Waals surface area contributed by atoms with E-state index in [0.29, 0.717) is 6.61 Å².